The van der Waals surface area contributed by atoms with Crippen molar-refractivity contribution in [1.82, 2.24) is 60.0 Å². The molecule has 0 saturated carbocycles. The van der Waals surface area contributed by atoms with Crippen LogP contribution in [0.5, 0.6) is 0 Å². The zero-order valence-electron chi connectivity index (χ0n) is 54.3. The van der Waals surface area contributed by atoms with Crippen molar-refractivity contribution in [3.63, 3.8) is 0 Å². The van der Waals surface area contributed by atoms with Gasteiger partial charge in [-0.2, -0.15) is 0 Å². The molecule has 0 radical (unpaired) electrons. The van der Waals surface area contributed by atoms with Gasteiger partial charge in [0.15, 0.2) is 0 Å². The van der Waals surface area contributed by atoms with Crippen molar-refractivity contribution in [2.45, 2.75) is 92.9 Å². The maximum atomic E-state index is 13.4. The number of nitrogens with zero attached hydrogens (tertiary/aromatic N) is 8. The van der Waals surface area contributed by atoms with Crippen molar-refractivity contribution < 1.29 is 88.8 Å². The van der Waals surface area contributed by atoms with Crippen LogP contribution in [0.3, 0.4) is 0 Å². The molecule has 0 saturated heterocycles. The van der Waals surface area contributed by atoms with Gasteiger partial charge in [0.2, 0.25) is 11.8 Å². The maximum Gasteiger partial charge on any atom is 0.317 e. The molecule has 2 aliphatic rings. The number of allylic oxidation sites excluding steroid dienone is 4. The lowest BCUT2D eigenvalue weighted by Gasteiger charge is -2.27. The van der Waals surface area contributed by atoms with Gasteiger partial charge >= 0.3 is 47.8 Å². The molecule has 5 rings (SSSR count). The van der Waals surface area contributed by atoms with E-state index < -0.39 is 112 Å². The monoisotopic (exact) mass is 1310 g/mol. The Morgan fingerprint density at radius 2 is 0.638 bits per heavy atom. The predicted molar refractivity (Wildman–Crippen MR) is 348 cm³/mol. The third-order valence-corrected chi connectivity index (χ3v) is 16.4. The molecule has 0 aromatic carbocycles. The van der Waals surface area contributed by atoms with Crippen LogP contribution in [0.2, 0.25) is 0 Å². The van der Waals surface area contributed by atoms with Gasteiger partial charge in [-0.05, 0) is 148 Å². The van der Waals surface area contributed by atoms with Crippen molar-refractivity contribution in [2.75, 3.05) is 131 Å². The number of aromatic nitrogens is 4. The van der Waals surface area contributed by atoms with Crippen molar-refractivity contribution >= 4 is 104 Å². The smallest absolute Gasteiger partial charge is 0.317 e. The molecule has 5 heterocycles. The van der Waals surface area contributed by atoms with Gasteiger partial charge < -0.3 is 61.5 Å². The highest BCUT2D eigenvalue weighted by molar-refractivity contribution is 5.96. The minimum absolute atomic E-state index is 0.0185. The molecule has 0 spiro atoms. The number of hydrogen-bond acceptors (Lipinski definition) is 18. The van der Waals surface area contributed by atoms with Crippen LogP contribution in [0.1, 0.15) is 111 Å². The summed E-state index contributed by atoms with van der Waals surface area (Å²) in [5.74, 6) is -10.8. The number of aryl methyl sites for hydroxylation is 4. The van der Waals surface area contributed by atoms with Crippen molar-refractivity contribution in [1.29, 1.82) is 0 Å². The summed E-state index contributed by atoms with van der Waals surface area (Å²) in [5, 5.41) is 81.3. The SMILES string of the molecule is CCc1c(C)c2cc3[nH]c(cc4nc(cc5nc(cc1[nH]2)C(C)=C5CCCCNC(=O)CN(CCN(CCN(CC(=O)O)CC(=O)O)CC(=O)O)CC(=O)O)C(CCCCNC(=O)CN(CCN(CCN(CC(=O)O)CC(=O)O)CC(=O)O)CC(=O)O)=C4C)c(C)c3CC. The lowest BCUT2D eigenvalue weighted by Crippen LogP contribution is -2.46. The number of carboxylic acids is 8. The third-order valence-electron chi connectivity index (χ3n) is 16.4. The first kappa shape index (κ1) is 75.8. The average Bonchev–Trinajstić information content (AvgIpc) is 1.64. The standard InChI is InChI=1S/C64H90N12O18/c1-7-43-39(3)47-25-48-41(5)45(13-9-11-15-65-55(77)29-73(33-59(83)84)21-17-71(31-57(79)80)19-23-75(35-61(87)88)36-62(89)90)53(69-48)28-54-46(42(6)50(70-54)27-52-44(8-2)40(4)49(68-52)26-51(43)67-47)14-10-12-16-66-56(78)30-74(34-60(85)86)22-18-72(32-58(81)82)20-24-76(37-63(91)92)38-64(93)94/h25-28,67-68H,7-24,29-38H2,1-6H3,(H,65,77)(H,66,78)(H,79,80)(H,81,82)(H,83,84)(H,85,86)(H,87,88)(H,89,90)(H,91,92)(H,93,94). The number of carbonyl (C=O) groups excluding carboxylic acids is 2. The molecule has 0 atom stereocenters. The fraction of sp³-hybridized carbons (Fsp3) is 0.531. The van der Waals surface area contributed by atoms with Gasteiger partial charge in [0, 0.05) is 87.5 Å². The van der Waals surface area contributed by atoms with E-state index in [1.54, 1.807) is 0 Å². The third kappa shape index (κ3) is 24.5. The van der Waals surface area contributed by atoms with Crippen LogP contribution >= 0.6 is 0 Å². The lowest BCUT2D eigenvalue weighted by molar-refractivity contribution is -0.144. The first-order valence-corrected chi connectivity index (χ1v) is 31.3. The summed E-state index contributed by atoms with van der Waals surface area (Å²) in [4.78, 5) is 145. The van der Waals surface area contributed by atoms with Crippen molar-refractivity contribution in [3.8, 4) is 0 Å². The summed E-state index contributed by atoms with van der Waals surface area (Å²) in [6.45, 7) is 7.53. The van der Waals surface area contributed by atoms with E-state index in [-0.39, 0.29) is 78.5 Å². The minimum atomic E-state index is -1.27. The van der Waals surface area contributed by atoms with Crippen LogP contribution in [-0.2, 0) is 60.8 Å². The second-order valence-electron chi connectivity index (χ2n) is 23.5. The molecule has 94 heavy (non-hydrogen) atoms. The van der Waals surface area contributed by atoms with Gasteiger partial charge in [-0.25, -0.2) is 9.97 Å². The van der Waals surface area contributed by atoms with Gasteiger partial charge in [-0.15, -0.1) is 0 Å². The highest BCUT2D eigenvalue weighted by Gasteiger charge is 2.25. The molecular formula is C64H90N12O18. The number of fused-ring (bicyclic) bond motifs is 8. The van der Waals surface area contributed by atoms with Crippen LogP contribution < -0.4 is 10.6 Å². The first-order valence-electron chi connectivity index (χ1n) is 31.3. The molecular weight excluding hydrogens is 1220 g/mol. The Morgan fingerprint density at radius 1 is 0.362 bits per heavy atom. The topological polar surface area (TPSA) is 433 Å². The normalized spacial score (nSPS) is 12.5. The van der Waals surface area contributed by atoms with Gasteiger partial charge in [-0.3, -0.25) is 77.3 Å². The molecule has 2 amide bonds. The van der Waals surface area contributed by atoms with Crippen molar-refractivity contribution in [2.24, 2.45) is 0 Å². The van der Waals surface area contributed by atoms with E-state index in [1.807, 2.05) is 19.9 Å². The Bertz CT molecular complexity index is 3470. The van der Waals surface area contributed by atoms with E-state index in [0.29, 0.717) is 49.9 Å². The number of carboxylic acid groups (broad SMARTS) is 8. The van der Waals surface area contributed by atoms with Gasteiger partial charge in [0.1, 0.15) is 0 Å². The van der Waals surface area contributed by atoms with E-state index in [1.165, 1.54) is 25.2 Å². The van der Waals surface area contributed by atoms with Gasteiger partial charge in [0.05, 0.1) is 88.2 Å². The van der Waals surface area contributed by atoms with E-state index in [4.69, 9.17) is 9.97 Å². The molecule has 30 heteroatoms. The minimum Gasteiger partial charge on any atom is -0.480 e. The summed E-state index contributed by atoms with van der Waals surface area (Å²) < 4.78 is 0. The van der Waals surface area contributed by atoms with Crippen LogP contribution in [0.4, 0.5) is 0 Å². The van der Waals surface area contributed by atoms with Crippen LogP contribution in [0, 0.1) is 13.8 Å². The van der Waals surface area contributed by atoms with Gasteiger partial charge in [0.25, 0.3) is 0 Å². The van der Waals surface area contributed by atoms with Crippen LogP contribution in [-0.4, -0.2) is 281 Å². The Hall–Kier alpha value is -8.94. The maximum absolute atomic E-state index is 13.4. The number of aromatic amines is 2. The summed E-state index contributed by atoms with van der Waals surface area (Å²) in [6, 6.07) is 8.30. The summed E-state index contributed by atoms with van der Waals surface area (Å²) in [7, 11) is 0. The number of hydrogen-bond donors (Lipinski definition) is 12. The molecule has 0 fully saturated rings. The molecule has 514 valence electrons. The fourth-order valence-corrected chi connectivity index (χ4v) is 11.6. The number of nitrogens with one attached hydrogen (secondary N) is 4. The number of H-pyrrole nitrogens is 2. The molecule has 3 aromatic heterocycles. The van der Waals surface area contributed by atoms with E-state index in [9.17, 15) is 88.8 Å². The summed E-state index contributed by atoms with van der Waals surface area (Å²) >= 11 is 0. The Balaban J connectivity index is 1.34. The Labute approximate surface area is 543 Å². The fourth-order valence-electron chi connectivity index (χ4n) is 11.6. The van der Waals surface area contributed by atoms with E-state index in [0.717, 1.165) is 95.1 Å². The highest BCUT2D eigenvalue weighted by Crippen LogP contribution is 2.38. The van der Waals surface area contributed by atoms with Gasteiger partial charge in [-0.1, -0.05) is 13.8 Å². The Kier molecular flexibility index (Phi) is 29.9. The van der Waals surface area contributed by atoms with Crippen LogP contribution in [0.15, 0.2) is 24.3 Å². The molecule has 0 unspecified atom stereocenters. The van der Waals surface area contributed by atoms with E-state index >= 15 is 0 Å². The first-order chi connectivity index (χ1) is 44.5. The predicted octanol–water partition coefficient (Wildman–Crippen LogP) is 2.98. The van der Waals surface area contributed by atoms with E-state index in [2.05, 4.69) is 66.5 Å². The molecule has 2 aliphatic heterocycles. The lowest BCUT2D eigenvalue weighted by atomic mass is 9.97. The molecule has 12 N–H and O–H groups in total. The zero-order chi connectivity index (χ0) is 69.3. The number of aliphatic carboxylic acids is 8. The second kappa shape index (κ2) is 37.1. The number of unbranched alkanes of at least 4 members (excludes halogenated alkanes) is 2. The molecule has 3 aromatic rings. The summed E-state index contributed by atoms with van der Waals surface area (Å²) in [6.07, 6.45) is 4.93. The summed E-state index contributed by atoms with van der Waals surface area (Å²) in [5.41, 5.74) is 15.1. The zero-order valence-corrected chi connectivity index (χ0v) is 54.3. The van der Waals surface area contributed by atoms with Crippen LogP contribution in [0.25, 0.3) is 44.4 Å². The Morgan fingerprint density at radius 3 is 0.957 bits per heavy atom. The number of carbonyl (C=O) groups is 10. The largest absolute Gasteiger partial charge is 0.480 e. The quantitative estimate of drug-likeness (QED) is 0.0362. The molecule has 8 bridgehead atoms. The highest BCUT2D eigenvalue weighted by atomic mass is 16.4. The molecule has 0 aliphatic carbocycles. The number of rotatable bonds is 44. The average molecular weight is 1320 g/mol. The second-order valence-corrected chi connectivity index (χ2v) is 23.5. The molecule has 30 nitrogen and oxygen atoms in total. The van der Waals surface area contributed by atoms with Crippen molar-refractivity contribution in [3.05, 3.63) is 69.3 Å². The number of amides is 2.